The molecule has 25 heavy (non-hydrogen) atoms. The van der Waals surface area contributed by atoms with Crippen LogP contribution < -0.4 is 5.32 Å². The van der Waals surface area contributed by atoms with Gasteiger partial charge in [-0.25, -0.2) is 4.39 Å². The Morgan fingerprint density at radius 1 is 1.28 bits per heavy atom. The van der Waals surface area contributed by atoms with E-state index < -0.39 is 0 Å². The highest BCUT2D eigenvalue weighted by Gasteiger charge is 2.09. The Hall–Kier alpha value is -2.86. The van der Waals surface area contributed by atoms with E-state index in [1.54, 1.807) is 19.4 Å². The van der Waals surface area contributed by atoms with Crippen LogP contribution in [0.15, 0.2) is 47.5 Å². The standard InChI is InChI=1S/C19H20FN3O2/c1-12(11-25-2)22-15-6-4-14(5-7-15)21-10-17-16-8-3-13(20)9-18(16)23-19(17)24/h3-10,12,22-24H,11H2,1-2H3. The largest absolute Gasteiger partial charge is 0.494 e. The summed E-state index contributed by atoms with van der Waals surface area (Å²) in [5.41, 5.74) is 2.80. The number of aliphatic imine (C=N–C) groups is 1. The maximum atomic E-state index is 13.3. The van der Waals surface area contributed by atoms with Gasteiger partial charge in [-0.05, 0) is 49.4 Å². The van der Waals surface area contributed by atoms with Crippen LogP contribution in [-0.2, 0) is 4.74 Å². The summed E-state index contributed by atoms with van der Waals surface area (Å²) in [6.07, 6.45) is 1.57. The molecule has 0 fully saturated rings. The molecule has 1 atom stereocenters. The van der Waals surface area contributed by atoms with Crippen LogP contribution in [0.5, 0.6) is 5.88 Å². The molecule has 2 aromatic carbocycles. The minimum Gasteiger partial charge on any atom is -0.494 e. The van der Waals surface area contributed by atoms with Gasteiger partial charge in [0.05, 0.1) is 23.4 Å². The van der Waals surface area contributed by atoms with Crippen molar-refractivity contribution >= 4 is 28.5 Å². The third-order valence-electron chi connectivity index (χ3n) is 3.82. The van der Waals surface area contributed by atoms with Crippen LogP contribution in [0.3, 0.4) is 0 Å². The van der Waals surface area contributed by atoms with E-state index in [9.17, 15) is 9.50 Å². The number of halogens is 1. The maximum absolute atomic E-state index is 13.3. The van der Waals surface area contributed by atoms with E-state index in [0.29, 0.717) is 23.1 Å². The molecule has 3 rings (SSSR count). The number of aromatic amines is 1. The third-order valence-corrected chi connectivity index (χ3v) is 3.82. The molecule has 130 valence electrons. The first-order valence-corrected chi connectivity index (χ1v) is 7.96. The molecule has 3 aromatic rings. The number of benzene rings is 2. The minimum atomic E-state index is -0.358. The molecule has 5 nitrogen and oxygen atoms in total. The molecule has 0 aliphatic carbocycles. The second-order valence-electron chi connectivity index (χ2n) is 5.88. The lowest BCUT2D eigenvalue weighted by atomic mass is 10.2. The first kappa shape index (κ1) is 17.0. The molecule has 0 aliphatic heterocycles. The van der Waals surface area contributed by atoms with E-state index in [1.165, 1.54) is 12.1 Å². The van der Waals surface area contributed by atoms with Crippen LogP contribution in [0.2, 0.25) is 0 Å². The number of anilines is 1. The molecule has 0 bridgehead atoms. The van der Waals surface area contributed by atoms with E-state index in [-0.39, 0.29) is 17.7 Å². The Labute approximate surface area is 145 Å². The Balaban J connectivity index is 1.77. The molecule has 0 amide bonds. The Morgan fingerprint density at radius 3 is 2.76 bits per heavy atom. The third kappa shape index (κ3) is 3.97. The van der Waals surface area contributed by atoms with Gasteiger partial charge in [0, 0.05) is 30.4 Å². The lowest BCUT2D eigenvalue weighted by Gasteiger charge is -2.13. The van der Waals surface area contributed by atoms with E-state index in [2.05, 4.69) is 15.3 Å². The van der Waals surface area contributed by atoms with Gasteiger partial charge in [0.1, 0.15) is 5.82 Å². The van der Waals surface area contributed by atoms with Gasteiger partial charge < -0.3 is 20.1 Å². The van der Waals surface area contributed by atoms with Crippen molar-refractivity contribution in [2.75, 3.05) is 19.0 Å². The number of aromatic hydroxyl groups is 1. The fourth-order valence-electron chi connectivity index (χ4n) is 2.67. The number of aromatic nitrogens is 1. The minimum absolute atomic E-state index is 0.0315. The van der Waals surface area contributed by atoms with Crippen LogP contribution in [0.25, 0.3) is 10.9 Å². The number of H-pyrrole nitrogens is 1. The highest BCUT2D eigenvalue weighted by atomic mass is 19.1. The van der Waals surface area contributed by atoms with Gasteiger partial charge in [-0.15, -0.1) is 0 Å². The number of ether oxygens (including phenoxy) is 1. The zero-order chi connectivity index (χ0) is 17.8. The van der Waals surface area contributed by atoms with Gasteiger partial charge in [-0.3, -0.25) is 4.99 Å². The average molecular weight is 341 g/mol. The molecule has 0 saturated heterocycles. The predicted octanol–water partition coefficient (Wildman–Crippen LogP) is 4.21. The SMILES string of the molecule is COCC(C)Nc1ccc(N=Cc2c(O)[nH]c3cc(F)ccc23)cc1. The lowest BCUT2D eigenvalue weighted by molar-refractivity contribution is 0.190. The van der Waals surface area contributed by atoms with Crippen molar-refractivity contribution in [1.82, 2.24) is 4.98 Å². The summed E-state index contributed by atoms with van der Waals surface area (Å²) in [5, 5.41) is 14.0. The van der Waals surface area contributed by atoms with Crippen LogP contribution in [0.4, 0.5) is 15.8 Å². The number of hydrogen-bond acceptors (Lipinski definition) is 4. The Morgan fingerprint density at radius 2 is 2.04 bits per heavy atom. The number of fused-ring (bicyclic) bond motifs is 1. The summed E-state index contributed by atoms with van der Waals surface area (Å²) in [6, 6.07) is 12.2. The summed E-state index contributed by atoms with van der Waals surface area (Å²) >= 11 is 0. The first-order chi connectivity index (χ1) is 12.1. The maximum Gasteiger partial charge on any atom is 0.198 e. The van der Waals surface area contributed by atoms with Gasteiger partial charge in [-0.2, -0.15) is 0 Å². The van der Waals surface area contributed by atoms with Crippen molar-refractivity contribution in [3.05, 3.63) is 53.8 Å². The predicted molar refractivity (Wildman–Crippen MR) is 98.6 cm³/mol. The van der Waals surface area contributed by atoms with Crippen molar-refractivity contribution in [2.45, 2.75) is 13.0 Å². The molecular formula is C19H20FN3O2. The van der Waals surface area contributed by atoms with Crippen molar-refractivity contribution in [3.8, 4) is 5.88 Å². The normalized spacial score (nSPS) is 12.8. The second-order valence-corrected chi connectivity index (χ2v) is 5.88. The van der Waals surface area contributed by atoms with Crippen LogP contribution in [-0.4, -0.2) is 36.1 Å². The number of nitrogens with zero attached hydrogens (tertiary/aromatic N) is 1. The van der Waals surface area contributed by atoms with Gasteiger partial charge in [-0.1, -0.05) is 0 Å². The number of methoxy groups -OCH3 is 1. The van der Waals surface area contributed by atoms with Crippen molar-refractivity contribution < 1.29 is 14.2 Å². The molecule has 1 heterocycles. The molecule has 0 saturated carbocycles. The Bertz CT molecular complexity index is 888. The molecule has 6 heteroatoms. The molecule has 1 aromatic heterocycles. The number of nitrogens with one attached hydrogen (secondary N) is 2. The van der Waals surface area contributed by atoms with E-state index >= 15 is 0 Å². The highest BCUT2D eigenvalue weighted by molar-refractivity contribution is 6.02. The number of hydrogen-bond donors (Lipinski definition) is 3. The second kappa shape index (κ2) is 7.36. The van der Waals surface area contributed by atoms with Crippen molar-refractivity contribution in [2.24, 2.45) is 4.99 Å². The molecule has 1 unspecified atom stereocenters. The van der Waals surface area contributed by atoms with E-state index in [0.717, 1.165) is 11.4 Å². The summed E-state index contributed by atoms with van der Waals surface area (Å²) in [5.74, 6) is -0.390. The molecule has 0 radical (unpaired) electrons. The number of rotatable bonds is 6. The highest BCUT2D eigenvalue weighted by Crippen LogP contribution is 2.27. The first-order valence-electron chi connectivity index (χ1n) is 7.96. The quantitative estimate of drug-likeness (QED) is 0.588. The molecule has 3 N–H and O–H groups in total. The molecular weight excluding hydrogens is 321 g/mol. The monoisotopic (exact) mass is 341 g/mol. The molecule has 0 aliphatic rings. The van der Waals surface area contributed by atoms with Crippen LogP contribution >= 0.6 is 0 Å². The zero-order valence-electron chi connectivity index (χ0n) is 14.1. The fourth-order valence-corrected chi connectivity index (χ4v) is 2.67. The molecule has 0 spiro atoms. The summed E-state index contributed by atoms with van der Waals surface area (Å²) < 4.78 is 18.4. The van der Waals surface area contributed by atoms with Gasteiger partial charge in [0.2, 0.25) is 0 Å². The van der Waals surface area contributed by atoms with E-state index in [1.807, 2.05) is 31.2 Å². The van der Waals surface area contributed by atoms with Crippen LogP contribution in [0.1, 0.15) is 12.5 Å². The smallest absolute Gasteiger partial charge is 0.198 e. The zero-order valence-corrected chi connectivity index (χ0v) is 14.1. The summed E-state index contributed by atoms with van der Waals surface area (Å²) in [4.78, 5) is 7.14. The fraction of sp³-hybridized carbons (Fsp3) is 0.211. The van der Waals surface area contributed by atoms with Gasteiger partial charge in [0.25, 0.3) is 0 Å². The van der Waals surface area contributed by atoms with Crippen molar-refractivity contribution in [1.29, 1.82) is 0 Å². The lowest BCUT2D eigenvalue weighted by Crippen LogP contribution is -2.20. The van der Waals surface area contributed by atoms with Gasteiger partial charge >= 0.3 is 0 Å². The summed E-state index contributed by atoms with van der Waals surface area (Å²) in [6.45, 7) is 2.67. The van der Waals surface area contributed by atoms with E-state index in [4.69, 9.17) is 4.74 Å². The van der Waals surface area contributed by atoms with Gasteiger partial charge in [0.15, 0.2) is 5.88 Å². The van der Waals surface area contributed by atoms with Crippen LogP contribution in [0, 0.1) is 5.82 Å². The summed E-state index contributed by atoms with van der Waals surface area (Å²) in [7, 11) is 1.67. The average Bonchev–Trinajstić information content (AvgIpc) is 2.88. The topological polar surface area (TPSA) is 69.6 Å². The Kier molecular flexibility index (Phi) is 5.00. The van der Waals surface area contributed by atoms with Crippen molar-refractivity contribution in [3.63, 3.8) is 0 Å².